The number of methoxy groups -OCH3 is 1. The van der Waals surface area contributed by atoms with E-state index < -0.39 is 10.0 Å². The third kappa shape index (κ3) is 4.90. The lowest BCUT2D eigenvalue weighted by molar-refractivity contribution is -0.130. The first-order valence-electron chi connectivity index (χ1n) is 9.93. The highest BCUT2D eigenvalue weighted by molar-refractivity contribution is 7.92. The van der Waals surface area contributed by atoms with Gasteiger partial charge < -0.3 is 9.64 Å². The number of amides is 1. The Morgan fingerprint density at radius 3 is 2.40 bits per heavy atom. The third-order valence-electron chi connectivity index (χ3n) is 5.43. The van der Waals surface area contributed by atoms with Gasteiger partial charge in [0.2, 0.25) is 5.91 Å². The maximum Gasteiger partial charge on any atom is 0.264 e. The van der Waals surface area contributed by atoms with E-state index in [4.69, 9.17) is 16.3 Å². The molecular formula is C22H27ClN2O4S. The summed E-state index contributed by atoms with van der Waals surface area (Å²) >= 11 is 6.16. The molecule has 0 atom stereocenters. The molecular weight excluding hydrogens is 424 g/mol. The van der Waals surface area contributed by atoms with Crippen LogP contribution in [0.1, 0.15) is 25.3 Å². The van der Waals surface area contributed by atoms with Crippen LogP contribution in [0.15, 0.2) is 47.4 Å². The van der Waals surface area contributed by atoms with E-state index in [2.05, 4.69) is 6.92 Å². The molecule has 3 rings (SSSR count). The van der Waals surface area contributed by atoms with Crippen LogP contribution in [-0.4, -0.2) is 46.0 Å². The Labute approximate surface area is 183 Å². The Bertz CT molecular complexity index is 1000. The van der Waals surface area contributed by atoms with Gasteiger partial charge in [0, 0.05) is 18.1 Å². The lowest BCUT2D eigenvalue weighted by Crippen LogP contribution is -2.45. The summed E-state index contributed by atoms with van der Waals surface area (Å²) in [5, 5.41) is 0.356. The largest absolute Gasteiger partial charge is 0.495 e. The highest BCUT2D eigenvalue weighted by Crippen LogP contribution is 2.35. The molecule has 8 heteroatoms. The number of aryl methyl sites for hydroxylation is 1. The van der Waals surface area contributed by atoms with Crippen LogP contribution < -0.4 is 9.04 Å². The SMILES string of the molecule is COc1ccc(Cl)cc1N(CC(=O)N1CCC(C)CC1)S(=O)(=O)c1ccc(C)cc1. The van der Waals surface area contributed by atoms with E-state index in [1.807, 2.05) is 6.92 Å². The average Bonchev–Trinajstić information content (AvgIpc) is 2.72. The van der Waals surface area contributed by atoms with Gasteiger partial charge in [-0.1, -0.05) is 36.2 Å². The highest BCUT2D eigenvalue weighted by atomic mass is 35.5. The number of hydrogen-bond donors (Lipinski definition) is 0. The Morgan fingerprint density at radius 1 is 1.17 bits per heavy atom. The van der Waals surface area contributed by atoms with Crippen LogP contribution in [-0.2, 0) is 14.8 Å². The molecule has 1 amide bonds. The number of likely N-dealkylation sites (tertiary alicyclic amines) is 1. The van der Waals surface area contributed by atoms with Crippen molar-refractivity contribution in [3.8, 4) is 5.75 Å². The van der Waals surface area contributed by atoms with Crippen LogP contribution in [0, 0.1) is 12.8 Å². The lowest BCUT2D eigenvalue weighted by atomic mass is 9.99. The van der Waals surface area contributed by atoms with E-state index in [0.29, 0.717) is 29.8 Å². The summed E-state index contributed by atoms with van der Waals surface area (Å²) in [6.07, 6.45) is 1.83. The molecule has 162 valence electrons. The summed E-state index contributed by atoms with van der Waals surface area (Å²) in [6, 6.07) is 11.3. The van der Waals surface area contributed by atoms with E-state index >= 15 is 0 Å². The topological polar surface area (TPSA) is 66.9 Å². The molecule has 6 nitrogen and oxygen atoms in total. The summed E-state index contributed by atoms with van der Waals surface area (Å²) < 4.78 is 33.6. The number of carbonyl (C=O) groups excluding carboxylic acids is 1. The number of benzene rings is 2. The second-order valence-electron chi connectivity index (χ2n) is 7.70. The Kier molecular flexibility index (Phi) is 6.93. The van der Waals surface area contributed by atoms with Crippen LogP contribution in [0.3, 0.4) is 0 Å². The highest BCUT2D eigenvalue weighted by Gasteiger charge is 2.32. The number of rotatable bonds is 6. The smallest absolute Gasteiger partial charge is 0.264 e. The predicted molar refractivity (Wildman–Crippen MR) is 119 cm³/mol. The molecule has 0 spiro atoms. The van der Waals surface area contributed by atoms with Gasteiger partial charge >= 0.3 is 0 Å². The fourth-order valence-corrected chi connectivity index (χ4v) is 5.06. The zero-order chi connectivity index (χ0) is 21.9. The second kappa shape index (κ2) is 9.27. The van der Waals surface area contributed by atoms with Crippen molar-refractivity contribution in [2.75, 3.05) is 31.0 Å². The zero-order valence-electron chi connectivity index (χ0n) is 17.5. The van der Waals surface area contributed by atoms with Crippen molar-refractivity contribution in [1.82, 2.24) is 4.90 Å². The number of piperidine rings is 1. The Hall–Kier alpha value is -2.25. The molecule has 1 fully saturated rings. The third-order valence-corrected chi connectivity index (χ3v) is 7.44. The maximum absolute atomic E-state index is 13.6. The Balaban J connectivity index is 2.02. The number of hydrogen-bond acceptors (Lipinski definition) is 4. The van der Waals surface area contributed by atoms with Crippen molar-refractivity contribution in [2.45, 2.75) is 31.6 Å². The van der Waals surface area contributed by atoms with Gasteiger partial charge in [0.25, 0.3) is 10.0 Å². The van der Waals surface area contributed by atoms with E-state index in [9.17, 15) is 13.2 Å². The first-order chi connectivity index (χ1) is 14.2. The van der Waals surface area contributed by atoms with Crippen molar-refractivity contribution >= 4 is 33.2 Å². The molecule has 2 aromatic rings. The molecule has 30 heavy (non-hydrogen) atoms. The average molecular weight is 451 g/mol. The van der Waals surface area contributed by atoms with E-state index in [0.717, 1.165) is 22.7 Å². The predicted octanol–water partition coefficient (Wildman–Crippen LogP) is 4.11. The van der Waals surface area contributed by atoms with Gasteiger partial charge in [-0.3, -0.25) is 9.10 Å². The van der Waals surface area contributed by atoms with Crippen LogP contribution in [0.4, 0.5) is 5.69 Å². The van der Waals surface area contributed by atoms with Crippen molar-refractivity contribution in [3.05, 3.63) is 53.1 Å². The lowest BCUT2D eigenvalue weighted by Gasteiger charge is -2.33. The van der Waals surface area contributed by atoms with Gasteiger partial charge in [-0.15, -0.1) is 0 Å². The molecule has 1 saturated heterocycles. The number of ether oxygens (including phenoxy) is 1. The number of nitrogens with zero attached hydrogens (tertiary/aromatic N) is 2. The van der Waals surface area contributed by atoms with E-state index in [1.165, 1.54) is 13.2 Å². The summed E-state index contributed by atoms with van der Waals surface area (Å²) in [5.41, 5.74) is 1.18. The van der Waals surface area contributed by atoms with Crippen LogP contribution >= 0.6 is 11.6 Å². The van der Waals surface area contributed by atoms with Crippen molar-refractivity contribution in [3.63, 3.8) is 0 Å². The molecule has 0 radical (unpaired) electrons. The molecule has 2 aromatic carbocycles. The Morgan fingerprint density at radius 2 is 1.80 bits per heavy atom. The summed E-state index contributed by atoms with van der Waals surface area (Å²) in [6.45, 7) is 4.99. The van der Waals surface area contributed by atoms with Crippen molar-refractivity contribution in [2.24, 2.45) is 5.92 Å². The number of halogens is 1. The van der Waals surface area contributed by atoms with Gasteiger partial charge in [0.15, 0.2) is 0 Å². The number of sulfonamides is 1. The molecule has 0 saturated carbocycles. The van der Waals surface area contributed by atoms with Gasteiger partial charge in [0.05, 0.1) is 17.7 Å². The van der Waals surface area contributed by atoms with Gasteiger partial charge in [-0.05, 0) is 56.0 Å². The minimum absolute atomic E-state index is 0.107. The molecule has 1 aliphatic rings. The fraction of sp³-hybridized carbons (Fsp3) is 0.409. The maximum atomic E-state index is 13.6. The molecule has 1 aliphatic heterocycles. The van der Waals surface area contributed by atoms with Crippen LogP contribution in [0.25, 0.3) is 0 Å². The molecule has 0 aliphatic carbocycles. The second-order valence-corrected chi connectivity index (χ2v) is 10.0. The van der Waals surface area contributed by atoms with Gasteiger partial charge in [0.1, 0.15) is 12.3 Å². The molecule has 0 aromatic heterocycles. The van der Waals surface area contributed by atoms with Crippen LogP contribution in [0.5, 0.6) is 5.75 Å². The van der Waals surface area contributed by atoms with Crippen molar-refractivity contribution < 1.29 is 17.9 Å². The normalized spacial score (nSPS) is 15.1. The number of carbonyl (C=O) groups is 1. The van der Waals surface area contributed by atoms with Gasteiger partial charge in [-0.25, -0.2) is 8.42 Å². The van der Waals surface area contributed by atoms with Crippen molar-refractivity contribution in [1.29, 1.82) is 0 Å². The van der Waals surface area contributed by atoms with Gasteiger partial charge in [-0.2, -0.15) is 0 Å². The molecule has 0 N–H and O–H groups in total. The summed E-state index contributed by atoms with van der Waals surface area (Å²) in [4.78, 5) is 14.9. The number of anilines is 1. The molecule has 0 unspecified atom stereocenters. The summed E-state index contributed by atoms with van der Waals surface area (Å²) in [7, 11) is -2.56. The minimum atomic E-state index is -4.02. The van der Waals surface area contributed by atoms with Crippen LogP contribution in [0.2, 0.25) is 5.02 Å². The monoisotopic (exact) mass is 450 g/mol. The molecule has 0 bridgehead atoms. The minimum Gasteiger partial charge on any atom is -0.495 e. The zero-order valence-corrected chi connectivity index (χ0v) is 19.0. The fourth-order valence-electron chi connectivity index (χ4n) is 3.48. The first kappa shape index (κ1) is 22.4. The van der Waals surface area contributed by atoms with E-state index in [-0.39, 0.29) is 23.0 Å². The molecule has 1 heterocycles. The standard InChI is InChI=1S/C22H27ClN2O4S/c1-16-4-7-19(8-5-16)30(27,28)25(20-14-18(23)6-9-21(20)29-3)15-22(26)24-12-10-17(2)11-13-24/h4-9,14,17H,10-13,15H2,1-3H3. The van der Waals surface area contributed by atoms with E-state index in [1.54, 1.807) is 41.3 Å². The summed E-state index contributed by atoms with van der Waals surface area (Å²) in [5.74, 6) is 0.657. The quantitative estimate of drug-likeness (QED) is 0.664. The first-order valence-corrected chi connectivity index (χ1v) is 11.7.